The molecule has 4 nitrogen and oxygen atoms in total. The Bertz CT molecular complexity index is 977. The second-order valence-electron chi connectivity index (χ2n) is 7.53. The molecule has 0 spiro atoms. The Morgan fingerprint density at radius 1 is 1.27 bits per heavy atom. The molecule has 1 aliphatic rings. The molecule has 1 fully saturated rings. The maximum Gasteiger partial charge on any atom is 0.263 e. The molecule has 0 amide bonds. The summed E-state index contributed by atoms with van der Waals surface area (Å²) in [6, 6.07) is 4.41. The first-order valence-corrected chi connectivity index (χ1v) is 10.9. The van der Waals surface area contributed by atoms with Gasteiger partial charge in [-0.3, -0.25) is 9.36 Å². The Kier molecular flexibility index (Phi) is 4.75. The van der Waals surface area contributed by atoms with Crippen LogP contribution in [0.5, 0.6) is 0 Å². The van der Waals surface area contributed by atoms with Gasteiger partial charge in [0.15, 0.2) is 0 Å². The van der Waals surface area contributed by atoms with Crippen molar-refractivity contribution >= 4 is 32.9 Å². The second kappa shape index (κ2) is 6.91. The molecule has 0 N–H and O–H groups in total. The Morgan fingerprint density at radius 2 is 2.00 bits per heavy atom. The van der Waals surface area contributed by atoms with Gasteiger partial charge in [0.25, 0.3) is 5.56 Å². The molecule has 4 rings (SSSR count). The number of likely N-dealkylation sites (tertiary alicyclic amines) is 1. The van der Waals surface area contributed by atoms with Gasteiger partial charge in [0.1, 0.15) is 10.7 Å². The van der Waals surface area contributed by atoms with Gasteiger partial charge in [0.05, 0.1) is 5.39 Å². The summed E-state index contributed by atoms with van der Waals surface area (Å²) in [6.07, 6.45) is 2.03. The molecule has 6 heteroatoms. The van der Waals surface area contributed by atoms with Gasteiger partial charge in [-0.15, -0.1) is 22.7 Å². The SMILES string of the molecule is Cc1sc2nc(C(C)C)n(C3CCN(C)CC3)c(=O)c2c1-c1cccs1. The molecule has 0 aromatic carbocycles. The predicted octanol–water partition coefficient (Wildman–Crippen LogP) is 4.89. The fraction of sp³-hybridized carbons (Fsp3) is 0.500. The van der Waals surface area contributed by atoms with Crippen LogP contribution >= 0.6 is 22.7 Å². The van der Waals surface area contributed by atoms with E-state index in [1.807, 2.05) is 10.6 Å². The maximum atomic E-state index is 13.7. The van der Waals surface area contributed by atoms with Crippen molar-refractivity contribution in [2.75, 3.05) is 20.1 Å². The summed E-state index contributed by atoms with van der Waals surface area (Å²) in [7, 11) is 2.15. The normalized spacial score (nSPS) is 16.8. The molecule has 1 saturated heterocycles. The standard InChI is InChI=1S/C20H25N3OS2/c1-12(2)18-21-19-17(16(13(3)26-19)15-6-5-11-25-15)20(24)23(18)14-7-9-22(4)10-8-14/h5-6,11-12,14H,7-10H2,1-4H3. The number of hydrogen-bond donors (Lipinski definition) is 0. The summed E-state index contributed by atoms with van der Waals surface area (Å²) in [5, 5.41) is 2.89. The molecule has 0 bridgehead atoms. The fourth-order valence-electron chi connectivity index (χ4n) is 3.92. The van der Waals surface area contributed by atoms with E-state index in [-0.39, 0.29) is 17.5 Å². The average Bonchev–Trinajstić information content (AvgIpc) is 3.22. The van der Waals surface area contributed by atoms with Crippen molar-refractivity contribution in [2.45, 2.75) is 45.6 Å². The van der Waals surface area contributed by atoms with E-state index in [9.17, 15) is 4.79 Å². The van der Waals surface area contributed by atoms with Crippen LogP contribution < -0.4 is 5.56 Å². The first-order valence-electron chi connectivity index (χ1n) is 9.25. The maximum absolute atomic E-state index is 13.7. The van der Waals surface area contributed by atoms with Crippen LogP contribution in [0.2, 0.25) is 0 Å². The molecule has 1 aliphatic heterocycles. The van der Waals surface area contributed by atoms with E-state index in [4.69, 9.17) is 4.98 Å². The van der Waals surface area contributed by atoms with E-state index in [1.165, 1.54) is 9.75 Å². The molecule has 3 aromatic rings. The molecule has 138 valence electrons. The highest BCUT2D eigenvalue weighted by Gasteiger charge is 2.27. The Labute approximate surface area is 162 Å². The third kappa shape index (κ3) is 2.94. The van der Waals surface area contributed by atoms with Crippen molar-refractivity contribution in [3.8, 4) is 10.4 Å². The van der Waals surface area contributed by atoms with E-state index in [0.717, 1.165) is 47.5 Å². The third-order valence-electron chi connectivity index (χ3n) is 5.30. The number of aromatic nitrogens is 2. The van der Waals surface area contributed by atoms with E-state index >= 15 is 0 Å². The highest BCUT2D eigenvalue weighted by Crippen LogP contribution is 2.39. The van der Waals surface area contributed by atoms with Crippen molar-refractivity contribution in [1.29, 1.82) is 0 Å². The number of thiophene rings is 2. The van der Waals surface area contributed by atoms with Gasteiger partial charge in [0, 0.05) is 27.3 Å². The molecule has 0 radical (unpaired) electrons. The highest BCUT2D eigenvalue weighted by atomic mass is 32.1. The largest absolute Gasteiger partial charge is 0.306 e. The molecule has 26 heavy (non-hydrogen) atoms. The van der Waals surface area contributed by atoms with Gasteiger partial charge in [0.2, 0.25) is 0 Å². The van der Waals surface area contributed by atoms with Gasteiger partial charge in [-0.1, -0.05) is 19.9 Å². The number of nitrogens with zero attached hydrogens (tertiary/aromatic N) is 3. The predicted molar refractivity (Wildman–Crippen MR) is 112 cm³/mol. The van der Waals surface area contributed by atoms with Crippen LogP contribution in [0.25, 0.3) is 20.7 Å². The van der Waals surface area contributed by atoms with Crippen LogP contribution in [0, 0.1) is 6.92 Å². The Balaban J connectivity index is 1.98. The van der Waals surface area contributed by atoms with Crippen LogP contribution in [0.1, 0.15) is 49.4 Å². The number of aryl methyl sites for hydroxylation is 1. The monoisotopic (exact) mass is 387 g/mol. The topological polar surface area (TPSA) is 38.1 Å². The van der Waals surface area contributed by atoms with E-state index < -0.39 is 0 Å². The first kappa shape index (κ1) is 17.9. The summed E-state index contributed by atoms with van der Waals surface area (Å²) >= 11 is 3.35. The van der Waals surface area contributed by atoms with Gasteiger partial charge in [-0.2, -0.15) is 0 Å². The third-order valence-corrected chi connectivity index (χ3v) is 7.18. The van der Waals surface area contributed by atoms with Crippen LogP contribution in [-0.4, -0.2) is 34.6 Å². The Morgan fingerprint density at radius 3 is 2.62 bits per heavy atom. The fourth-order valence-corrected chi connectivity index (χ4v) is 5.85. The molecule has 0 atom stereocenters. The second-order valence-corrected chi connectivity index (χ2v) is 9.68. The summed E-state index contributed by atoms with van der Waals surface area (Å²) < 4.78 is 2.03. The van der Waals surface area contributed by atoms with Crippen LogP contribution in [0.15, 0.2) is 22.3 Å². The van der Waals surface area contributed by atoms with Crippen LogP contribution in [0.4, 0.5) is 0 Å². The van der Waals surface area contributed by atoms with Crippen molar-refractivity contribution in [3.63, 3.8) is 0 Å². The Hall–Kier alpha value is -1.50. The molecule has 4 heterocycles. The number of hydrogen-bond acceptors (Lipinski definition) is 5. The summed E-state index contributed by atoms with van der Waals surface area (Å²) in [4.78, 5) is 24.3. The van der Waals surface area contributed by atoms with E-state index in [2.05, 4.69) is 44.2 Å². The summed E-state index contributed by atoms with van der Waals surface area (Å²) in [5.74, 6) is 1.18. The molecular weight excluding hydrogens is 362 g/mol. The zero-order valence-electron chi connectivity index (χ0n) is 15.8. The van der Waals surface area contributed by atoms with Crippen molar-refractivity contribution in [1.82, 2.24) is 14.5 Å². The molecule has 0 saturated carbocycles. The first-order chi connectivity index (χ1) is 12.5. The zero-order chi connectivity index (χ0) is 18.4. The van der Waals surface area contributed by atoms with Crippen molar-refractivity contribution < 1.29 is 0 Å². The number of fused-ring (bicyclic) bond motifs is 1. The average molecular weight is 388 g/mol. The lowest BCUT2D eigenvalue weighted by molar-refractivity contribution is 0.215. The number of rotatable bonds is 3. The highest BCUT2D eigenvalue weighted by molar-refractivity contribution is 7.20. The lowest BCUT2D eigenvalue weighted by Crippen LogP contribution is -2.37. The van der Waals surface area contributed by atoms with Crippen LogP contribution in [-0.2, 0) is 0 Å². The summed E-state index contributed by atoms with van der Waals surface area (Å²) in [5.41, 5.74) is 1.25. The van der Waals surface area contributed by atoms with Crippen molar-refractivity contribution in [3.05, 3.63) is 38.6 Å². The smallest absolute Gasteiger partial charge is 0.263 e. The summed E-state index contributed by atoms with van der Waals surface area (Å²) in [6.45, 7) is 8.45. The lowest BCUT2D eigenvalue weighted by Gasteiger charge is -2.32. The molecule has 0 aliphatic carbocycles. The van der Waals surface area contributed by atoms with Gasteiger partial charge < -0.3 is 4.90 Å². The van der Waals surface area contributed by atoms with Crippen molar-refractivity contribution in [2.24, 2.45) is 0 Å². The van der Waals surface area contributed by atoms with Gasteiger partial charge in [-0.25, -0.2) is 4.98 Å². The number of piperidine rings is 1. The lowest BCUT2D eigenvalue weighted by atomic mass is 10.0. The van der Waals surface area contributed by atoms with E-state index in [1.54, 1.807) is 22.7 Å². The quantitative estimate of drug-likeness (QED) is 0.642. The zero-order valence-corrected chi connectivity index (χ0v) is 17.4. The van der Waals surface area contributed by atoms with Gasteiger partial charge >= 0.3 is 0 Å². The minimum atomic E-state index is 0.154. The van der Waals surface area contributed by atoms with Crippen LogP contribution in [0.3, 0.4) is 0 Å². The molecular formula is C20H25N3OS2. The molecule has 3 aromatic heterocycles. The van der Waals surface area contributed by atoms with Gasteiger partial charge in [-0.05, 0) is 51.3 Å². The molecule has 0 unspecified atom stereocenters. The minimum Gasteiger partial charge on any atom is -0.306 e. The minimum absolute atomic E-state index is 0.154. The van der Waals surface area contributed by atoms with E-state index in [0.29, 0.717) is 0 Å².